The molecule has 23 heavy (non-hydrogen) atoms. The first-order valence-corrected chi connectivity index (χ1v) is 7.49. The Balaban J connectivity index is 1.64. The molecule has 0 saturated heterocycles. The van der Waals surface area contributed by atoms with E-state index in [2.05, 4.69) is 11.4 Å². The van der Waals surface area contributed by atoms with Crippen LogP contribution in [0.3, 0.4) is 0 Å². The van der Waals surface area contributed by atoms with E-state index in [9.17, 15) is 14.7 Å². The molecule has 1 atom stereocenters. The molecule has 6 heteroatoms. The highest BCUT2D eigenvalue weighted by Crippen LogP contribution is 2.18. The van der Waals surface area contributed by atoms with Gasteiger partial charge in [0.05, 0.1) is 12.5 Å². The minimum Gasteiger partial charge on any atom is -0.480 e. The molecule has 2 heterocycles. The normalized spacial score (nSPS) is 14.9. The summed E-state index contributed by atoms with van der Waals surface area (Å²) in [6.07, 6.45) is 3.95. The van der Waals surface area contributed by atoms with Gasteiger partial charge < -0.3 is 19.7 Å². The Morgan fingerprint density at radius 3 is 2.74 bits per heavy atom. The number of nitrogens with one attached hydrogen (secondary N) is 1. The van der Waals surface area contributed by atoms with Crippen molar-refractivity contribution in [3.05, 3.63) is 59.5 Å². The summed E-state index contributed by atoms with van der Waals surface area (Å²) in [7, 11) is 0. The van der Waals surface area contributed by atoms with Crippen molar-refractivity contribution in [2.75, 3.05) is 6.54 Å². The number of amides is 2. The maximum absolute atomic E-state index is 12.4. The summed E-state index contributed by atoms with van der Waals surface area (Å²) in [6.45, 7) is 1.08. The van der Waals surface area contributed by atoms with E-state index in [1.807, 2.05) is 18.2 Å². The summed E-state index contributed by atoms with van der Waals surface area (Å²) in [5, 5.41) is 11.9. The zero-order valence-electron chi connectivity index (χ0n) is 12.6. The number of carboxylic acid groups (broad SMARTS) is 1. The largest absolute Gasteiger partial charge is 0.480 e. The minimum absolute atomic E-state index is 0.196. The number of benzene rings is 1. The second kappa shape index (κ2) is 6.56. The highest BCUT2D eigenvalue weighted by atomic mass is 16.4. The maximum Gasteiger partial charge on any atom is 0.326 e. The van der Waals surface area contributed by atoms with E-state index < -0.39 is 12.0 Å². The molecule has 0 fully saturated rings. The van der Waals surface area contributed by atoms with Crippen molar-refractivity contribution < 1.29 is 19.1 Å². The molecule has 0 radical (unpaired) electrons. The number of nitrogens with zero attached hydrogens (tertiary/aromatic N) is 1. The first kappa shape index (κ1) is 15.1. The summed E-state index contributed by atoms with van der Waals surface area (Å²) >= 11 is 0. The summed E-state index contributed by atoms with van der Waals surface area (Å²) in [5.41, 5.74) is 3.09. The second-order valence-electron chi connectivity index (χ2n) is 5.62. The topological polar surface area (TPSA) is 82.8 Å². The summed E-state index contributed by atoms with van der Waals surface area (Å²) < 4.78 is 4.94. The Morgan fingerprint density at radius 1 is 1.26 bits per heavy atom. The molecule has 6 nitrogen and oxygen atoms in total. The van der Waals surface area contributed by atoms with Gasteiger partial charge in [0.1, 0.15) is 6.04 Å². The lowest BCUT2D eigenvalue weighted by molar-refractivity contribution is -0.139. The molecular formula is C17H18N2O4. The van der Waals surface area contributed by atoms with Gasteiger partial charge in [-0.15, -0.1) is 0 Å². The summed E-state index contributed by atoms with van der Waals surface area (Å²) in [6, 6.07) is 8.35. The third kappa shape index (κ3) is 3.53. The fourth-order valence-corrected chi connectivity index (χ4v) is 2.75. The average Bonchev–Trinajstić information content (AvgIpc) is 3.06. The van der Waals surface area contributed by atoms with Gasteiger partial charge in [-0.3, -0.25) is 0 Å². The van der Waals surface area contributed by atoms with Gasteiger partial charge in [-0.05, 0) is 29.2 Å². The number of fused-ring (bicyclic) bond motifs is 1. The molecule has 3 rings (SSSR count). The van der Waals surface area contributed by atoms with Crippen LogP contribution in [0.5, 0.6) is 0 Å². The number of rotatable bonds is 4. The molecule has 1 unspecified atom stereocenters. The van der Waals surface area contributed by atoms with E-state index in [1.54, 1.807) is 11.0 Å². The number of furan rings is 1. The SMILES string of the molecule is O=C(O)C(Cc1ccoc1)NC(=O)N1CCc2ccccc2C1. The Kier molecular flexibility index (Phi) is 4.32. The summed E-state index contributed by atoms with van der Waals surface area (Å²) in [4.78, 5) is 25.4. The Morgan fingerprint density at radius 2 is 2.04 bits per heavy atom. The van der Waals surface area contributed by atoms with Crippen LogP contribution in [-0.4, -0.2) is 34.6 Å². The lowest BCUT2D eigenvalue weighted by atomic mass is 10.0. The van der Waals surface area contributed by atoms with Crippen LogP contribution in [0.1, 0.15) is 16.7 Å². The number of carbonyl (C=O) groups excluding carboxylic acids is 1. The first-order chi connectivity index (χ1) is 11.1. The second-order valence-corrected chi connectivity index (χ2v) is 5.62. The van der Waals surface area contributed by atoms with Crippen molar-refractivity contribution in [1.29, 1.82) is 0 Å². The quantitative estimate of drug-likeness (QED) is 0.904. The fourth-order valence-electron chi connectivity index (χ4n) is 2.75. The highest BCUT2D eigenvalue weighted by molar-refractivity contribution is 5.83. The van der Waals surface area contributed by atoms with Crippen LogP contribution in [0.4, 0.5) is 4.79 Å². The van der Waals surface area contributed by atoms with Crippen LogP contribution >= 0.6 is 0 Å². The molecule has 0 aliphatic carbocycles. The standard InChI is InChI=1S/C17H18N2O4/c20-16(21)15(9-12-6-8-23-11-12)18-17(22)19-7-5-13-3-1-2-4-14(13)10-19/h1-4,6,8,11,15H,5,7,9-10H2,(H,18,22)(H,20,21). The number of urea groups is 1. The molecule has 0 saturated carbocycles. The van der Waals surface area contributed by atoms with Crippen molar-refractivity contribution >= 4 is 12.0 Å². The average molecular weight is 314 g/mol. The number of hydrogen-bond donors (Lipinski definition) is 2. The Bertz CT molecular complexity index is 696. The molecular weight excluding hydrogens is 296 g/mol. The third-order valence-electron chi connectivity index (χ3n) is 4.03. The van der Waals surface area contributed by atoms with E-state index in [1.165, 1.54) is 18.1 Å². The molecule has 1 aromatic carbocycles. The number of carbonyl (C=O) groups is 2. The van der Waals surface area contributed by atoms with E-state index in [0.29, 0.717) is 13.1 Å². The van der Waals surface area contributed by atoms with Gasteiger partial charge in [-0.25, -0.2) is 9.59 Å². The number of aliphatic carboxylic acids is 1. The van der Waals surface area contributed by atoms with Gasteiger partial charge in [-0.1, -0.05) is 24.3 Å². The van der Waals surface area contributed by atoms with Crippen LogP contribution in [-0.2, 0) is 24.2 Å². The molecule has 1 aliphatic heterocycles. The molecule has 1 aromatic heterocycles. The molecule has 0 spiro atoms. The highest BCUT2D eigenvalue weighted by Gasteiger charge is 2.26. The van der Waals surface area contributed by atoms with Crippen LogP contribution < -0.4 is 5.32 Å². The van der Waals surface area contributed by atoms with Crippen LogP contribution in [0.2, 0.25) is 0 Å². The first-order valence-electron chi connectivity index (χ1n) is 7.49. The van der Waals surface area contributed by atoms with Crippen molar-refractivity contribution in [1.82, 2.24) is 10.2 Å². The van der Waals surface area contributed by atoms with Crippen LogP contribution in [0.25, 0.3) is 0 Å². The smallest absolute Gasteiger partial charge is 0.326 e. The molecule has 2 aromatic rings. The maximum atomic E-state index is 12.4. The van der Waals surface area contributed by atoms with Crippen LogP contribution in [0, 0.1) is 0 Å². The van der Waals surface area contributed by atoms with E-state index >= 15 is 0 Å². The molecule has 2 N–H and O–H groups in total. The zero-order chi connectivity index (χ0) is 16.2. The lowest BCUT2D eigenvalue weighted by Gasteiger charge is -2.30. The van der Waals surface area contributed by atoms with E-state index in [0.717, 1.165) is 17.5 Å². The van der Waals surface area contributed by atoms with Gasteiger partial charge in [-0.2, -0.15) is 0 Å². The van der Waals surface area contributed by atoms with Crippen molar-refractivity contribution in [2.45, 2.75) is 25.4 Å². The van der Waals surface area contributed by atoms with Gasteiger partial charge >= 0.3 is 12.0 Å². The van der Waals surface area contributed by atoms with Crippen molar-refractivity contribution in [2.24, 2.45) is 0 Å². The van der Waals surface area contributed by atoms with E-state index in [4.69, 9.17) is 4.42 Å². The van der Waals surface area contributed by atoms with E-state index in [-0.39, 0.29) is 12.5 Å². The third-order valence-corrected chi connectivity index (χ3v) is 4.03. The Labute approximate surface area is 133 Å². The minimum atomic E-state index is -1.06. The molecule has 1 aliphatic rings. The fraction of sp³-hybridized carbons (Fsp3) is 0.294. The monoisotopic (exact) mass is 314 g/mol. The predicted molar refractivity (Wildman–Crippen MR) is 82.9 cm³/mol. The Hall–Kier alpha value is -2.76. The zero-order valence-corrected chi connectivity index (χ0v) is 12.6. The predicted octanol–water partition coefficient (Wildman–Crippen LogP) is 2.04. The lowest BCUT2D eigenvalue weighted by Crippen LogP contribution is -2.50. The van der Waals surface area contributed by atoms with Crippen molar-refractivity contribution in [3.8, 4) is 0 Å². The van der Waals surface area contributed by atoms with Crippen molar-refractivity contribution in [3.63, 3.8) is 0 Å². The van der Waals surface area contributed by atoms with Gasteiger partial charge in [0.15, 0.2) is 0 Å². The van der Waals surface area contributed by atoms with Crippen LogP contribution in [0.15, 0.2) is 47.3 Å². The number of carboxylic acids is 1. The van der Waals surface area contributed by atoms with Gasteiger partial charge in [0, 0.05) is 19.5 Å². The summed E-state index contributed by atoms with van der Waals surface area (Å²) in [5.74, 6) is -1.06. The molecule has 120 valence electrons. The molecule has 0 bridgehead atoms. The van der Waals surface area contributed by atoms with Gasteiger partial charge in [0.2, 0.25) is 0 Å². The number of hydrogen-bond acceptors (Lipinski definition) is 3. The molecule has 2 amide bonds. The van der Waals surface area contributed by atoms with Gasteiger partial charge in [0.25, 0.3) is 0 Å².